The van der Waals surface area contributed by atoms with E-state index in [1.165, 1.54) is 16.2 Å². The van der Waals surface area contributed by atoms with Crippen LogP contribution >= 0.6 is 11.3 Å². The summed E-state index contributed by atoms with van der Waals surface area (Å²) in [6, 6.07) is 5.84. The van der Waals surface area contributed by atoms with Crippen LogP contribution in [0.25, 0.3) is 0 Å². The quantitative estimate of drug-likeness (QED) is 0.923. The van der Waals surface area contributed by atoms with Crippen LogP contribution in [0, 0.1) is 0 Å². The van der Waals surface area contributed by atoms with E-state index in [9.17, 15) is 9.59 Å². The molecule has 2 amide bonds. The first-order chi connectivity index (χ1) is 11.6. The number of thiophene rings is 1. The minimum Gasteiger partial charge on any atom is -0.346 e. The molecule has 0 radical (unpaired) electrons. The van der Waals surface area contributed by atoms with Crippen molar-refractivity contribution in [3.63, 3.8) is 0 Å². The molecule has 0 atom stereocenters. The lowest BCUT2D eigenvalue weighted by molar-refractivity contribution is -0.129. The van der Waals surface area contributed by atoms with Crippen molar-refractivity contribution in [1.82, 2.24) is 20.0 Å². The molecule has 0 saturated carbocycles. The number of aryl methyl sites for hydroxylation is 2. The Bertz CT molecular complexity index is 750. The highest BCUT2D eigenvalue weighted by Gasteiger charge is 2.18. The Morgan fingerprint density at radius 2 is 2.17 bits per heavy atom. The fourth-order valence-electron chi connectivity index (χ4n) is 2.82. The lowest BCUT2D eigenvalue weighted by Crippen LogP contribution is -2.28. The number of carbonyl (C=O) groups is 2. The molecule has 1 aliphatic rings. The Morgan fingerprint density at radius 3 is 2.88 bits per heavy atom. The van der Waals surface area contributed by atoms with Crippen LogP contribution in [0.15, 0.2) is 18.2 Å². The van der Waals surface area contributed by atoms with Crippen LogP contribution in [0.2, 0.25) is 0 Å². The number of amides is 2. The van der Waals surface area contributed by atoms with Gasteiger partial charge in [-0.05, 0) is 31.0 Å². The average molecular weight is 346 g/mol. The van der Waals surface area contributed by atoms with Gasteiger partial charge in [0.15, 0.2) is 0 Å². The summed E-state index contributed by atoms with van der Waals surface area (Å²) in [7, 11) is 0. The first-order valence-electron chi connectivity index (χ1n) is 8.25. The van der Waals surface area contributed by atoms with Crippen molar-refractivity contribution in [1.29, 1.82) is 0 Å². The first-order valence-corrected chi connectivity index (χ1v) is 9.06. The third kappa shape index (κ3) is 3.67. The van der Waals surface area contributed by atoms with Gasteiger partial charge in [-0.3, -0.25) is 14.3 Å². The highest BCUT2D eigenvalue weighted by Crippen LogP contribution is 2.17. The van der Waals surface area contributed by atoms with Crippen LogP contribution < -0.4 is 5.32 Å². The molecule has 3 heterocycles. The predicted molar refractivity (Wildman–Crippen MR) is 92.8 cm³/mol. The molecule has 0 fully saturated rings. The Labute approximate surface area is 145 Å². The topological polar surface area (TPSA) is 67.2 Å². The van der Waals surface area contributed by atoms with Crippen molar-refractivity contribution < 1.29 is 9.59 Å². The zero-order valence-electron chi connectivity index (χ0n) is 14.0. The van der Waals surface area contributed by atoms with Gasteiger partial charge in [0.2, 0.25) is 5.91 Å². The van der Waals surface area contributed by atoms with Gasteiger partial charge in [0, 0.05) is 24.9 Å². The summed E-state index contributed by atoms with van der Waals surface area (Å²) in [4.78, 5) is 27.6. The lowest BCUT2D eigenvalue weighted by Gasteiger charge is -2.17. The van der Waals surface area contributed by atoms with Crippen molar-refractivity contribution in [2.24, 2.45) is 0 Å². The van der Waals surface area contributed by atoms with Gasteiger partial charge in [-0.15, -0.1) is 11.3 Å². The van der Waals surface area contributed by atoms with Gasteiger partial charge in [-0.1, -0.05) is 6.92 Å². The second-order valence-corrected chi connectivity index (χ2v) is 7.11. The molecule has 1 N–H and O–H groups in total. The number of hydrogen-bond acceptors (Lipinski definition) is 4. The molecule has 24 heavy (non-hydrogen) atoms. The molecule has 6 nitrogen and oxygen atoms in total. The number of rotatable bonds is 4. The molecular formula is C17H22N4O2S. The Balaban J connectivity index is 1.63. The van der Waals surface area contributed by atoms with Crippen LogP contribution in [-0.2, 0) is 30.8 Å². The molecule has 3 rings (SSSR count). The van der Waals surface area contributed by atoms with E-state index >= 15 is 0 Å². The van der Waals surface area contributed by atoms with Gasteiger partial charge < -0.3 is 10.2 Å². The molecule has 0 unspecified atom stereocenters. The van der Waals surface area contributed by atoms with Crippen molar-refractivity contribution in [3.8, 4) is 0 Å². The molecule has 0 aromatic carbocycles. The van der Waals surface area contributed by atoms with Gasteiger partial charge in [-0.2, -0.15) is 5.10 Å². The van der Waals surface area contributed by atoms with E-state index in [4.69, 9.17) is 0 Å². The maximum atomic E-state index is 12.2. The maximum Gasteiger partial charge on any atom is 0.261 e. The van der Waals surface area contributed by atoms with Crippen molar-refractivity contribution in [3.05, 3.63) is 39.3 Å². The largest absolute Gasteiger partial charge is 0.346 e. The highest BCUT2D eigenvalue weighted by molar-refractivity contribution is 7.14. The third-order valence-corrected chi connectivity index (χ3v) is 5.40. The summed E-state index contributed by atoms with van der Waals surface area (Å²) in [5.41, 5.74) is 1.85. The molecule has 2 aromatic rings. The van der Waals surface area contributed by atoms with Gasteiger partial charge >= 0.3 is 0 Å². The first kappa shape index (κ1) is 16.7. The number of fused-ring (bicyclic) bond motifs is 1. The Kier molecular flexibility index (Phi) is 4.99. The van der Waals surface area contributed by atoms with E-state index in [-0.39, 0.29) is 11.8 Å². The summed E-state index contributed by atoms with van der Waals surface area (Å²) in [5.74, 6) is 0.0252. The fraction of sp³-hybridized carbons (Fsp3) is 0.471. The fourth-order valence-corrected chi connectivity index (χ4v) is 3.69. The monoisotopic (exact) mass is 346 g/mol. The summed E-state index contributed by atoms with van der Waals surface area (Å²) in [6.45, 7) is 6.23. The highest BCUT2D eigenvalue weighted by atomic mass is 32.1. The van der Waals surface area contributed by atoms with Crippen LogP contribution in [0.4, 0.5) is 0 Å². The van der Waals surface area contributed by atoms with E-state index < -0.39 is 0 Å². The summed E-state index contributed by atoms with van der Waals surface area (Å²) in [5, 5.41) is 7.49. The van der Waals surface area contributed by atoms with Gasteiger partial charge in [0.25, 0.3) is 5.91 Å². The molecule has 0 saturated heterocycles. The SMILES string of the molecule is CCc1ccc(C(=O)NCc2cc3n(n2)CCCN(C(C)=O)C3)s1. The van der Waals surface area contributed by atoms with Crippen LogP contribution in [0.5, 0.6) is 0 Å². The number of aromatic nitrogens is 2. The van der Waals surface area contributed by atoms with Crippen LogP contribution in [0.3, 0.4) is 0 Å². The second kappa shape index (κ2) is 7.17. The Hall–Kier alpha value is -2.15. The summed E-state index contributed by atoms with van der Waals surface area (Å²) < 4.78 is 1.95. The van der Waals surface area contributed by atoms with Gasteiger partial charge in [-0.25, -0.2) is 0 Å². The zero-order valence-corrected chi connectivity index (χ0v) is 14.9. The second-order valence-electron chi connectivity index (χ2n) is 5.95. The minimum absolute atomic E-state index is 0.0618. The van der Waals surface area contributed by atoms with Gasteiger partial charge in [0.05, 0.1) is 29.4 Å². The predicted octanol–water partition coefficient (Wildman–Crippen LogP) is 2.19. The standard InChI is InChI=1S/C17H22N4O2S/c1-3-15-5-6-16(24-15)17(23)18-10-13-9-14-11-20(12(2)22)7-4-8-21(14)19-13/h5-6,9H,3-4,7-8,10-11H2,1-2H3,(H,18,23). The van der Waals surface area contributed by atoms with E-state index in [1.54, 1.807) is 6.92 Å². The lowest BCUT2D eigenvalue weighted by atomic mass is 10.3. The molecule has 1 aliphatic heterocycles. The number of hydrogen-bond donors (Lipinski definition) is 1. The number of nitrogens with one attached hydrogen (secondary N) is 1. The van der Waals surface area contributed by atoms with Crippen LogP contribution in [0.1, 0.15) is 46.2 Å². The summed E-state index contributed by atoms with van der Waals surface area (Å²) in [6.07, 6.45) is 1.84. The molecule has 0 bridgehead atoms. The van der Waals surface area contributed by atoms with E-state index in [0.29, 0.717) is 13.1 Å². The van der Waals surface area contributed by atoms with E-state index in [1.807, 2.05) is 27.8 Å². The Morgan fingerprint density at radius 1 is 1.33 bits per heavy atom. The molecule has 0 spiro atoms. The number of nitrogens with zero attached hydrogens (tertiary/aromatic N) is 3. The number of carbonyl (C=O) groups excluding carboxylic acids is 2. The smallest absolute Gasteiger partial charge is 0.261 e. The minimum atomic E-state index is -0.0618. The zero-order chi connectivity index (χ0) is 17.1. The van der Waals surface area contributed by atoms with Gasteiger partial charge in [0.1, 0.15) is 0 Å². The van der Waals surface area contributed by atoms with Crippen molar-refractivity contribution in [2.45, 2.75) is 46.3 Å². The maximum absolute atomic E-state index is 12.2. The average Bonchev–Trinajstić information content (AvgIpc) is 3.14. The van der Waals surface area contributed by atoms with E-state index in [2.05, 4.69) is 17.3 Å². The molecular weight excluding hydrogens is 324 g/mol. The third-order valence-electron chi connectivity index (χ3n) is 4.17. The van der Waals surface area contributed by atoms with Crippen molar-refractivity contribution in [2.75, 3.05) is 6.54 Å². The molecule has 128 valence electrons. The van der Waals surface area contributed by atoms with Crippen LogP contribution in [-0.4, -0.2) is 33.0 Å². The molecule has 0 aliphatic carbocycles. The summed E-state index contributed by atoms with van der Waals surface area (Å²) >= 11 is 1.53. The van der Waals surface area contributed by atoms with E-state index in [0.717, 1.165) is 42.2 Å². The van der Waals surface area contributed by atoms with Crippen molar-refractivity contribution >= 4 is 23.2 Å². The normalized spacial score (nSPS) is 14.2. The molecule has 7 heteroatoms. The molecule has 2 aromatic heterocycles.